The fourth-order valence-electron chi connectivity index (χ4n) is 5.23. The highest BCUT2D eigenvalue weighted by Gasteiger charge is 2.38. The molecule has 0 aromatic heterocycles. The van der Waals surface area contributed by atoms with Crippen LogP contribution < -0.4 is 10.5 Å². The lowest BCUT2D eigenvalue weighted by Gasteiger charge is -2.47. The van der Waals surface area contributed by atoms with Gasteiger partial charge in [0.1, 0.15) is 5.75 Å². The van der Waals surface area contributed by atoms with Gasteiger partial charge in [-0.15, -0.1) is 0 Å². The zero-order valence-corrected chi connectivity index (χ0v) is 21.4. The number of primary amides is 1. The number of hydrogen-bond acceptors (Lipinski definition) is 6. The van der Waals surface area contributed by atoms with E-state index >= 15 is 0 Å². The van der Waals surface area contributed by atoms with E-state index in [1.165, 1.54) is 5.56 Å². The Balaban J connectivity index is 1.73. The van der Waals surface area contributed by atoms with Crippen molar-refractivity contribution in [2.45, 2.75) is 77.1 Å². The van der Waals surface area contributed by atoms with Crippen LogP contribution in [-0.2, 0) is 21.5 Å². The number of carbonyl (C=O) groups is 2. The number of likely N-dealkylation sites (N-methyl/N-ethyl adjacent to an activating group) is 1. The molecule has 0 spiro atoms. The molecule has 8 heteroatoms. The molecule has 3 rings (SSSR count). The fraction of sp³-hybridized carbons (Fsp3) is 0.692. The number of ether oxygens (including phenoxy) is 1. The maximum absolute atomic E-state index is 11.7. The third kappa shape index (κ3) is 6.49. The second kappa shape index (κ2) is 11.1. The quantitative estimate of drug-likeness (QED) is 0.624. The highest BCUT2D eigenvalue weighted by molar-refractivity contribution is 5.75. The Hall–Kier alpha value is -2.16. The first kappa shape index (κ1) is 26.4. The lowest BCUT2D eigenvalue weighted by atomic mass is 9.84. The lowest BCUT2D eigenvalue weighted by molar-refractivity contribution is -0.131. The van der Waals surface area contributed by atoms with E-state index in [4.69, 9.17) is 10.5 Å². The number of piperazine rings is 1. The van der Waals surface area contributed by atoms with Crippen molar-refractivity contribution in [1.29, 1.82) is 0 Å². The van der Waals surface area contributed by atoms with E-state index in [-0.39, 0.29) is 30.0 Å². The number of nitrogens with zero attached hydrogens (tertiary/aromatic N) is 3. The number of benzene rings is 1. The molecule has 1 aliphatic carbocycles. The molecule has 3 atom stereocenters. The van der Waals surface area contributed by atoms with Crippen LogP contribution >= 0.6 is 0 Å². The Morgan fingerprint density at radius 3 is 2.44 bits per heavy atom. The number of aliphatic hydroxyl groups is 1. The van der Waals surface area contributed by atoms with Crippen LogP contribution in [0, 0.1) is 0 Å². The Labute approximate surface area is 204 Å². The normalized spacial score (nSPS) is 24.3. The molecule has 1 heterocycles. The predicted molar refractivity (Wildman–Crippen MR) is 133 cm³/mol. The maximum Gasteiger partial charge on any atom is 0.255 e. The Bertz CT molecular complexity index is 861. The summed E-state index contributed by atoms with van der Waals surface area (Å²) in [5, 5.41) is 11.4. The van der Waals surface area contributed by atoms with Crippen LogP contribution in [0.5, 0.6) is 5.75 Å². The first-order valence-corrected chi connectivity index (χ1v) is 12.4. The monoisotopic (exact) mass is 474 g/mol. The van der Waals surface area contributed by atoms with Crippen LogP contribution in [0.2, 0.25) is 0 Å². The van der Waals surface area contributed by atoms with Gasteiger partial charge in [-0.05, 0) is 36.9 Å². The van der Waals surface area contributed by atoms with Gasteiger partial charge in [0.15, 0.2) is 6.61 Å². The lowest BCUT2D eigenvalue weighted by Crippen LogP contribution is -2.60. The topological polar surface area (TPSA) is 99.3 Å². The average molecular weight is 475 g/mol. The summed E-state index contributed by atoms with van der Waals surface area (Å²) in [5.41, 5.74) is 7.46. The van der Waals surface area contributed by atoms with Gasteiger partial charge in [0.25, 0.3) is 5.91 Å². The van der Waals surface area contributed by atoms with Crippen molar-refractivity contribution in [3.05, 3.63) is 29.3 Å². The van der Waals surface area contributed by atoms with Crippen LogP contribution in [0.15, 0.2) is 18.2 Å². The molecule has 3 N–H and O–H groups in total. The van der Waals surface area contributed by atoms with E-state index in [0.717, 1.165) is 51.0 Å². The van der Waals surface area contributed by atoms with Gasteiger partial charge in [-0.1, -0.05) is 39.3 Å². The first-order chi connectivity index (χ1) is 16.0. The summed E-state index contributed by atoms with van der Waals surface area (Å²) >= 11 is 0. The molecular weight excluding hydrogens is 432 g/mol. The molecule has 1 aromatic rings. The third-order valence-electron chi connectivity index (χ3n) is 7.30. The predicted octanol–water partition coefficient (Wildman–Crippen LogP) is 1.73. The van der Waals surface area contributed by atoms with E-state index in [1.807, 2.05) is 24.1 Å². The number of nitrogens with two attached hydrogens (primary N) is 1. The third-order valence-corrected chi connectivity index (χ3v) is 7.30. The molecule has 1 aromatic carbocycles. The second-order valence-electron chi connectivity index (χ2n) is 10.8. The van der Waals surface area contributed by atoms with Gasteiger partial charge in [-0.2, -0.15) is 0 Å². The van der Waals surface area contributed by atoms with Gasteiger partial charge in [-0.3, -0.25) is 19.4 Å². The van der Waals surface area contributed by atoms with Crippen LogP contribution in [0.25, 0.3) is 0 Å². The molecule has 1 saturated heterocycles. The molecule has 2 aliphatic rings. The van der Waals surface area contributed by atoms with Crippen molar-refractivity contribution in [1.82, 2.24) is 14.7 Å². The minimum atomic E-state index is -0.505. The highest BCUT2D eigenvalue weighted by Crippen LogP contribution is 2.32. The van der Waals surface area contributed by atoms with Crippen molar-refractivity contribution in [3.8, 4) is 5.75 Å². The number of hydrogen-bond donors (Lipinski definition) is 2. The van der Waals surface area contributed by atoms with E-state index in [9.17, 15) is 14.7 Å². The van der Waals surface area contributed by atoms with Crippen molar-refractivity contribution in [2.75, 3.05) is 39.8 Å². The molecule has 2 amide bonds. The van der Waals surface area contributed by atoms with E-state index in [2.05, 4.69) is 36.6 Å². The minimum Gasteiger partial charge on any atom is -0.483 e. The van der Waals surface area contributed by atoms with Gasteiger partial charge in [0.2, 0.25) is 5.91 Å². The van der Waals surface area contributed by atoms with Gasteiger partial charge in [-0.25, -0.2) is 0 Å². The summed E-state index contributed by atoms with van der Waals surface area (Å²) in [6.07, 6.45) is 2.48. The van der Waals surface area contributed by atoms with Gasteiger partial charge < -0.3 is 20.5 Å². The highest BCUT2D eigenvalue weighted by atomic mass is 16.5. The standard InChI is InChI=1S/C26H42N4O4/c1-18(31)29-11-13-30(14-12-29)22-8-6-7-21(25(22)33)28(5)16-19-15-20(26(2,3)4)9-10-23(19)34-17-24(27)32/h9-10,15,21-22,25,33H,6-8,11-14,16-17H2,1-5H3,(H2,27,32)/t21-,22-,25-/m1/s1. The molecule has 1 aliphatic heterocycles. The van der Waals surface area contributed by atoms with E-state index in [1.54, 1.807) is 6.92 Å². The zero-order chi connectivity index (χ0) is 25.0. The number of aliphatic hydroxyl groups excluding tert-OH is 1. The summed E-state index contributed by atoms with van der Waals surface area (Å²) in [5.74, 6) is 0.267. The minimum absolute atomic E-state index is 0.0202. The Morgan fingerprint density at radius 2 is 1.85 bits per heavy atom. The van der Waals surface area contributed by atoms with Crippen LogP contribution in [-0.4, -0.2) is 89.6 Å². The van der Waals surface area contributed by atoms with Crippen LogP contribution in [0.3, 0.4) is 0 Å². The molecule has 1 saturated carbocycles. The number of rotatable bonds is 7. The molecule has 0 unspecified atom stereocenters. The van der Waals surface area contributed by atoms with Crippen molar-refractivity contribution < 1.29 is 19.4 Å². The van der Waals surface area contributed by atoms with Crippen LogP contribution in [0.4, 0.5) is 0 Å². The summed E-state index contributed by atoms with van der Waals surface area (Å²) in [4.78, 5) is 29.4. The number of carbonyl (C=O) groups excluding carboxylic acids is 2. The molecule has 0 radical (unpaired) electrons. The molecular formula is C26H42N4O4. The Kier molecular flexibility index (Phi) is 8.60. The fourth-order valence-corrected chi connectivity index (χ4v) is 5.23. The number of amides is 2. The van der Waals surface area contributed by atoms with Gasteiger partial charge >= 0.3 is 0 Å². The van der Waals surface area contributed by atoms with Gasteiger partial charge in [0, 0.05) is 57.3 Å². The zero-order valence-electron chi connectivity index (χ0n) is 21.4. The Morgan fingerprint density at radius 1 is 1.18 bits per heavy atom. The first-order valence-electron chi connectivity index (χ1n) is 12.4. The molecule has 2 fully saturated rings. The summed E-state index contributed by atoms with van der Waals surface area (Å²) in [6.45, 7) is 11.6. The summed E-state index contributed by atoms with van der Waals surface area (Å²) < 4.78 is 5.72. The SMILES string of the molecule is CC(=O)N1CCN([C@@H]2CCC[C@@H](N(C)Cc3cc(C(C)(C)C)ccc3OCC(N)=O)[C@H]2O)CC1. The van der Waals surface area contributed by atoms with Crippen molar-refractivity contribution >= 4 is 11.8 Å². The summed E-state index contributed by atoms with van der Waals surface area (Å²) in [6, 6.07) is 6.21. The largest absolute Gasteiger partial charge is 0.483 e. The molecule has 34 heavy (non-hydrogen) atoms. The molecule has 8 nitrogen and oxygen atoms in total. The van der Waals surface area contributed by atoms with Crippen molar-refractivity contribution in [2.24, 2.45) is 5.73 Å². The molecule has 190 valence electrons. The smallest absolute Gasteiger partial charge is 0.255 e. The van der Waals surface area contributed by atoms with Crippen LogP contribution in [0.1, 0.15) is 58.1 Å². The maximum atomic E-state index is 11.7. The summed E-state index contributed by atoms with van der Waals surface area (Å²) in [7, 11) is 2.05. The second-order valence-corrected chi connectivity index (χ2v) is 10.8. The average Bonchev–Trinajstić information content (AvgIpc) is 2.77. The van der Waals surface area contributed by atoms with Crippen molar-refractivity contribution in [3.63, 3.8) is 0 Å². The van der Waals surface area contributed by atoms with E-state index in [0.29, 0.717) is 12.3 Å². The van der Waals surface area contributed by atoms with Gasteiger partial charge in [0.05, 0.1) is 6.10 Å². The van der Waals surface area contributed by atoms with E-state index < -0.39 is 12.0 Å². The molecule has 0 bridgehead atoms.